The summed E-state index contributed by atoms with van der Waals surface area (Å²) in [5.41, 5.74) is 0. The number of piperidine rings is 1. The second kappa shape index (κ2) is 4.16. The Morgan fingerprint density at radius 2 is 2.14 bits per heavy atom. The molecule has 0 amide bonds. The summed E-state index contributed by atoms with van der Waals surface area (Å²) in [6.45, 7) is 0.423. The summed E-state index contributed by atoms with van der Waals surface area (Å²) in [6, 6.07) is -1.24. The lowest BCUT2D eigenvalue weighted by Crippen LogP contribution is -2.52. The standard InChI is InChI=1S/C8H12F3NO2/c1-14-7(13)6-5(8(9,10)11)3-2-4-12-6/h5-6,12H,2-4H2,1H3/t5-,6+/m1/s1. The Balaban J connectivity index is 2.74. The number of nitrogens with one attached hydrogen (secondary N) is 1. The predicted octanol–water partition coefficient (Wildman–Crippen LogP) is 1.09. The van der Waals surface area contributed by atoms with Crippen LogP contribution < -0.4 is 5.32 Å². The molecule has 3 nitrogen and oxygen atoms in total. The molecule has 6 heteroatoms. The summed E-state index contributed by atoms with van der Waals surface area (Å²) < 4.78 is 41.6. The topological polar surface area (TPSA) is 38.3 Å². The molecule has 0 aliphatic carbocycles. The van der Waals surface area contributed by atoms with Crippen molar-refractivity contribution in [3.05, 3.63) is 0 Å². The van der Waals surface area contributed by atoms with Gasteiger partial charge in [0.25, 0.3) is 0 Å². The first kappa shape index (κ1) is 11.3. The molecule has 1 aliphatic rings. The van der Waals surface area contributed by atoms with Gasteiger partial charge in [0.05, 0.1) is 13.0 Å². The molecule has 0 aromatic heterocycles. The predicted molar refractivity (Wildman–Crippen MR) is 42.6 cm³/mol. The molecule has 0 aromatic carbocycles. The lowest BCUT2D eigenvalue weighted by molar-refractivity contribution is -0.195. The summed E-state index contributed by atoms with van der Waals surface area (Å²) >= 11 is 0. The molecule has 1 heterocycles. The summed E-state index contributed by atoms with van der Waals surface area (Å²) in [5.74, 6) is -2.46. The first-order valence-electron chi connectivity index (χ1n) is 4.34. The number of halogens is 3. The van der Waals surface area contributed by atoms with Gasteiger partial charge in [0.1, 0.15) is 6.04 Å². The van der Waals surface area contributed by atoms with Gasteiger partial charge in [-0.15, -0.1) is 0 Å². The second-order valence-electron chi connectivity index (χ2n) is 3.25. The maximum absolute atomic E-state index is 12.4. The lowest BCUT2D eigenvalue weighted by atomic mass is 9.90. The van der Waals surface area contributed by atoms with Crippen molar-refractivity contribution < 1.29 is 22.7 Å². The van der Waals surface area contributed by atoms with Crippen LogP contribution in [0, 0.1) is 5.92 Å². The Bertz CT molecular complexity index is 217. The van der Waals surface area contributed by atoms with Gasteiger partial charge in [0, 0.05) is 0 Å². The second-order valence-corrected chi connectivity index (χ2v) is 3.25. The van der Waals surface area contributed by atoms with Gasteiger partial charge >= 0.3 is 12.1 Å². The molecule has 14 heavy (non-hydrogen) atoms. The van der Waals surface area contributed by atoms with Crippen molar-refractivity contribution >= 4 is 5.97 Å². The van der Waals surface area contributed by atoms with Gasteiger partial charge in [-0.2, -0.15) is 13.2 Å². The van der Waals surface area contributed by atoms with Crippen molar-refractivity contribution in [3.8, 4) is 0 Å². The van der Waals surface area contributed by atoms with E-state index in [2.05, 4.69) is 10.1 Å². The number of carbonyl (C=O) groups excluding carboxylic acids is 1. The third kappa shape index (κ3) is 2.37. The smallest absolute Gasteiger partial charge is 0.393 e. The lowest BCUT2D eigenvalue weighted by Gasteiger charge is -2.31. The van der Waals surface area contributed by atoms with Crippen molar-refractivity contribution in [1.29, 1.82) is 0 Å². The monoisotopic (exact) mass is 211 g/mol. The number of methoxy groups -OCH3 is 1. The van der Waals surface area contributed by atoms with E-state index in [9.17, 15) is 18.0 Å². The van der Waals surface area contributed by atoms with Crippen LogP contribution in [0.2, 0.25) is 0 Å². The number of alkyl halides is 3. The van der Waals surface area contributed by atoms with Crippen LogP contribution in [-0.2, 0) is 9.53 Å². The molecule has 82 valence electrons. The van der Waals surface area contributed by atoms with E-state index in [1.807, 2.05) is 0 Å². The minimum Gasteiger partial charge on any atom is -0.468 e. The third-order valence-corrected chi connectivity index (χ3v) is 2.33. The highest BCUT2D eigenvalue weighted by atomic mass is 19.4. The first-order valence-corrected chi connectivity index (χ1v) is 4.34. The molecule has 0 spiro atoms. The minimum atomic E-state index is -4.34. The van der Waals surface area contributed by atoms with Crippen LogP contribution in [0.15, 0.2) is 0 Å². The number of hydrogen-bond donors (Lipinski definition) is 1. The maximum Gasteiger partial charge on any atom is 0.393 e. The Kier molecular flexibility index (Phi) is 3.36. The van der Waals surface area contributed by atoms with Gasteiger partial charge in [-0.25, -0.2) is 0 Å². The largest absolute Gasteiger partial charge is 0.468 e. The van der Waals surface area contributed by atoms with Crippen molar-refractivity contribution in [1.82, 2.24) is 5.32 Å². The number of ether oxygens (including phenoxy) is 1. The van der Waals surface area contributed by atoms with Gasteiger partial charge in [0.2, 0.25) is 0 Å². The van der Waals surface area contributed by atoms with Crippen molar-refractivity contribution in [2.75, 3.05) is 13.7 Å². The zero-order chi connectivity index (χ0) is 10.8. The highest BCUT2D eigenvalue weighted by Crippen LogP contribution is 2.34. The van der Waals surface area contributed by atoms with E-state index in [0.717, 1.165) is 7.11 Å². The first-order chi connectivity index (χ1) is 6.46. The SMILES string of the molecule is COC(=O)[C@H]1NCCC[C@H]1C(F)(F)F. The Hall–Kier alpha value is -0.780. The van der Waals surface area contributed by atoms with Crippen LogP contribution in [0.3, 0.4) is 0 Å². The fraction of sp³-hybridized carbons (Fsp3) is 0.875. The van der Waals surface area contributed by atoms with Crippen LogP contribution in [0.1, 0.15) is 12.8 Å². The maximum atomic E-state index is 12.4. The van der Waals surface area contributed by atoms with Gasteiger partial charge in [-0.1, -0.05) is 0 Å². The minimum absolute atomic E-state index is 0.0176. The molecule has 1 fully saturated rings. The number of hydrogen-bond acceptors (Lipinski definition) is 3. The van der Waals surface area contributed by atoms with E-state index in [1.165, 1.54) is 0 Å². The molecule has 0 bridgehead atoms. The number of rotatable bonds is 1. The van der Waals surface area contributed by atoms with E-state index >= 15 is 0 Å². The quantitative estimate of drug-likeness (QED) is 0.660. The van der Waals surface area contributed by atoms with Crippen molar-refractivity contribution in [2.45, 2.75) is 25.1 Å². The number of esters is 1. The van der Waals surface area contributed by atoms with Crippen LogP contribution in [0.25, 0.3) is 0 Å². The third-order valence-electron chi connectivity index (χ3n) is 2.33. The van der Waals surface area contributed by atoms with Gasteiger partial charge in [-0.3, -0.25) is 4.79 Å². The summed E-state index contributed by atoms with van der Waals surface area (Å²) in [7, 11) is 1.09. The fourth-order valence-corrected chi connectivity index (χ4v) is 1.62. The molecule has 1 rings (SSSR count). The van der Waals surface area contributed by atoms with E-state index in [4.69, 9.17) is 0 Å². The molecule has 0 unspecified atom stereocenters. The van der Waals surface area contributed by atoms with Crippen molar-refractivity contribution in [3.63, 3.8) is 0 Å². The van der Waals surface area contributed by atoms with E-state index in [-0.39, 0.29) is 6.42 Å². The van der Waals surface area contributed by atoms with Gasteiger partial charge < -0.3 is 10.1 Å². The molecule has 1 N–H and O–H groups in total. The Morgan fingerprint density at radius 1 is 1.50 bits per heavy atom. The van der Waals surface area contributed by atoms with Crippen LogP contribution in [0.4, 0.5) is 13.2 Å². The summed E-state index contributed by atoms with van der Waals surface area (Å²) in [6.07, 6.45) is -3.93. The molecule has 0 radical (unpaired) electrons. The average Bonchev–Trinajstić information content (AvgIpc) is 2.15. The normalized spacial score (nSPS) is 28.6. The van der Waals surface area contributed by atoms with E-state index in [0.29, 0.717) is 13.0 Å². The van der Waals surface area contributed by atoms with Crippen LogP contribution in [-0.4, -0.2) is 31.8 Å². The zero-order valence-corrected chi connectivity index (χ0v) is 7.73. The molecule has 1 saturated heterocycles. The van der Waals surface area contributed by atoms with Crippen molar-refractivity contribution in [2.24, 2.45) is 5.92 Å². The summed E-state index contributed by atoms with van der Waals surface area (Å²) in [4.78, 5) is 11.0. The van der Waals surface area contributed by atoms with Crippen LogP contribution >= 0.6 is 0 Å². The molecule has 2 atom stereocenters. The molecule has 0 saturated carbocycles. The molecular formula is C8H12F3NO2. The average molecular weight is 211 g/mol. The number of carbonyl (C=O) groups is 1. The zero-order valence-electron chi connectivity index (χ0n) is 7.73. The molecular weight excluding hydrogens is 199 g/mol. The molecule has 1 aliphatic heterocycles. The Labute approximate surface area is 79.6 Å². The van der Waals surface area contributed by atoms with Gasteiger partial charge in [-0.05, 0) is 19.4 Å². The molecule has 0 aromatic rings. The highest BCUT2D eigenvalue weighted by molar-refractivity contribution is 5.76. The summed E-state index contributed by atoms with van der Waals surface area (Å²) in [5, 5.41) is 2.53. The van der Waals surface area contributed by atoms with Gasteiger partial charge in [0.15, 0.2) is 0 Å². The Morgan fingerprint density at radius 3 is 2.64 bits per heavy atom. The van der Waals surface area contributed by atoms with E-state index < -0.39 is 24.1 Å². The highest BCUT2D eigenvalue weighted by Gasteiger charge is 2.48. The van der Waals surface area contributed by atoms with Crippen LogP contribution in [0.5, 0.6) is 0 Å². The fourth-order valence-electron chi connectivity index (χ4n) is 1.62. The van der Waals surface area contributed by atoms with E-state index in [1.54, 1.807) is 0 Å².